The van der Waals surface area contributed by atoms with E-state index < -0.39 is 5.79 Å². The van der Waals surface area contributed by atoms with E-state index in [9.17, 15) is 0 Å². The Balaban J connectivity index is 3.76. The fourth-order valence-electron chi connectivity index (χ4n) is 0.250. The molecular formula is C6H12O2. The van der Waals surface area contributed by atoms with Crippen molar-refractivity contribution in [3.63, 3.8) is 0 Å². The van der Waals surface area contributed by atoms with Crippen LogP contribution in [0.4, 0.5) is 0 Å². The highest BCUT2D eigenvalue weighted by molar-refractivity contribution is 4.84. The van der Waals surface area contributed by atoms with E-state index in [-0.39, 0.29) is 0 Å². The van der Waals surface area contributed by atoms with Gasteiger partial charge in [0.05, 0.1) is 0 Å². The van der Waals surface area contributed by atoms with E-state index in [4.69, 9.17) is 9.47 Å². The summed E-state index contributed by atoms with van der Waals surface area (Å²) >= 11 is 0. The van der Waals surface area contributed by atoms with Crippen LogP contribution in [-0.4, -0.2) is 20.0 Å². The minimum Gasteiger partial charge on any atom is -0.350 e. The summed E-state index contributed by atoms with van der Waals surface area (Å²) < 4.78 is 9.79. The molecule has 0 saturated heterocycles. The van der Waals surface area contributed by atoms with Crippen LogP contribution in [0, 0.1) is 0 Å². The number of ether oxygens (including phenoxy) is 2. The minimum absolute atomic E-state index is 0.611. The van der Waals surface area contributed by atoms with E-state index in [0.717, 1.165) is 0 Å². The summed E-state index contributed by atoms with van der Waals surface area (Å²) in [7, 11) is 3.15. The van der Waals surface area contributed by atoms with Crippen LogP contribution < -0.4 is 0 Å². The van der Waals surface area contributed by atoms with Gasteiger partial charge in [-0.15, -0.1) is 0 Å². The maximum Gasteiger partial charge on any atom is 0.183 e. The van der Waals surface area contributed by atoms with Crippen LogP contribution in [-0.2, 0) is 9.47 Å². The van der Waals surface area contributed by atoms with E-state index in [2.05, 4.69) is 6.58 Å². The third kappa shape index (κ3) is 1.64. The first kappa shape index (κ1) is 7.66. The van der Waals surface area contributed by atoms with Gasteiger partial charge in [0.15, 0.2) is 5.79 Å². The van der Waals surface area contributed by atoms with E-state index in [1.807, 2.05) is 0 Å². The van der Waals surface area contributed by atoms with Gasteiger partial charge in [0.1, 0.15) is 0 Å². The number of hydrogen-bond donors (Lipinski definition) is 0. The number of rotatable bonds is 3. The van der Waals surface area contributed by atoms with Gasteiger partial charge >= 0.3 is 0 Å². The molecule has 0 aromatic heterocycles. The molecule has 2 heteroatoms. The van der Waals surface area contributed by atoms with E-state index in [0.29, 0.717) is 0 Å². The SMILES string of the molecule is C=CC(C)(OC)OC. The monoisotopic (exact) mass is 116 g/mol. The lowest BCUT2D eigenvalue weighted by Gasteiger charge is -2.20. The molecule has 0 saturated carbocycles. The Morgan fingerprint density at radius 3 is 1.75 bits per heavy atom. The molecule has 8 heavy (non-hydrogen) atoms. The molecule has 0 heterocycles. The van der Waals surface area contributed by atoms with Gasteiger partial charge in [-0.25, -0.2) is 0 Å². The first-order valence-corrected chi connectivity index (χ1v) is 2.42. The van der Waals surface area contributed by atoms with Gasteiger partial charge in [0.25, 0.3) is 0 Å². The molecule has 0 N–H and O–H groups in total. The second kappa shape index (κ2) is 2.84. The predicted molar refractivity (Wildman–Crippen MR) is 32.6 cm³/mol. The Bertz CT molecular complexity index is 74.6. The van der Waals surface area contributed by atoms with Crippen molar-refractivity contribution in [2.24, 2.45) is 0 Å². The predicted octanol–water partition coefficient (Wildman–Crippen LogP) is 1.18. The van der Waals surface area contributed by atoms with Crippen LogP contribution in [0.25, 0.3) is 0 Å². The standard InChI is InChI=1S/C6H12O2/c1-5-6(2,7-3)8-4/h5H,1H2,2-4H3. The van der Waals surface area contributed by atoms with Crippen molar-refractivity contribution in [1.82, 2.24) is 0 Å². The largest absolute Gasteiger partial charge is 0.350 e. The van der Waals surface area contributed by atoms with Gasteiger partial charge < -0.3 is 9.47 Å². The molecule has 0 spiro atoms. The molecule has 0 atom stereocenters. The molecular weight excluding hydrogens is 104 g/mol. The van der Waals surface area contributed by atoms with Crippen LogP contribution in [0.2, 0.25) is 0 Å². The Kier molecular flexibility index (Phi) is 2.72. The molecule has 0 radical (unpaired) electrons. The number of methoxy groups -OCH3 is 2. The normalized spacial score (nSPS) is 11.4. The molecule has 0 aromatic rings. The average Bonchev–Trinajstić information content (AvgIpc) is 1.87. The quantitative estimate of drug-likeness (QED) is 0.407. The van der Waals surface area contributed by atoms with E-state index in [1.54, 1.807) is 27.2 Å². The van der Waals surface area contributed by atoms with Gasteiger partial charge in [0, 0.05) is 14.2 Å². The first-order valence-electron chi connectivity index (χ1n) is 2.42. The molecule has 0 bridgehead atoms. The smallest absolute Gasteiger partial charge is 0.183 e. The van der Waals surface area contributed by atoms with Gasteiger partial charge in [0.2, 0.25) is 0 Å². The second-order valence-electron chi connectivity index (χ2n) is 1.63. The highest BCUT2D eigenvalue weighted by Gasteiger charge is 2.15. The molecule has 0 fully saturated rings. The van der Waals surface area contributed by atoms with Crippen LogP contribution >= 0.6 is 0 Å². The minimum atomic E-state index is -0.611. The molecule has 0 amide bonds. The van der Waals surface area contributed by atoms with Crippen LogP contribution in [0.1, 0.15) is 6.92 Å². The van der Waals surface area contributed by atoms with Crippen molar-refractivity contribution < 1.29 is 9.47 Å². The molecule has 48 valence electrons. The van der Waals surface area contributed by atoms with E-state index in [1.165, 1.54) is 0 Å². The van der Waals surface area contributed by atoms with Gasteiger partial charge in [-0.2, -0.15) is 0 Å². The molecule has 0 aliphatic carbocycles. The van der Waals surface area contributed by atoms with Crippen molar-refractivity contribution in [1.29, 1.82) is 0 Å². The summed E-state index contributed by atoms with van der Waals surface area (Å²) in [6.45, 7) is 5.32. The maximum atomic E-state index is 4.90. The fraction of sp³-hybridized carbons (Fsp3) is 0.667. The summed E-state index contributed by atoms with van der Waals surface area (Å²) in [6.07, 6.45) is 1.60. The summed E-state index contributed by atoms with van der Waals surface area (Å²) in [4.78, 5) is 0. The average molecular weight is 116 g/mol. The highest BCUT2D eigenvalue weighted by atomic mass is 16.7. The molecule has 2 nitrogen and oxygen atoms in total. The zero-order valence-corrected chi connectivity index (χ0v) is 5.60. The molecule has 0 aliphatic heterocycles. The summed E-state index contributed by atoms with van der Waals surface area (Å²) in [5, 5.41) is 0. The van der Waals surface area contributed by atoms with Crippen LogP contribution in [0.5, 0.6) is 0 Å². The summed E-state index contributed by atoms with van der Waals surface area (Å²) in [5.74, 6) is -0.611. The van der Waals surface area contributed by atoms with Crippen molar-refractivity contribution >= 4 is 0 Å². The van der Waals surface area contributed by atoms with Gasteiger partial charge in [-0.3, -0.25) is 0 Å². The summed E-state index contributed by atoms with van der Waals surface area (Å²) in [5.41, 5.74) is 0. The fourth-order valence-corrected chi connectivity index (χ4v) is 0.250. The van der Waals surface area contributed by atoms with Crippen molar-refractivity contribution in [2.75, 3.05) is 14.2 Å². The first-order chi connectivity index (χ1) is 3.68. The van der Waals surface area contributed by atoms with Crippen molar-refractivity contribution in [3.8, 4) is 0 Å². The second-order valence-corrected chi connectivity index (χ2v) is 1.63. The van der Waals surface area contributed by atoms with Crippen molar-refractivity contribution in [2.45, 2.75) is 12.7 Å². The zero-order valence-electron chi connectivity index (χ0n) is 5.60. The third-order valence-electron chi connectivity index (χ3n) is 1.18. The van der Waals surface area contributed by atoms with Gasteiger partial charge in [-0.05, 0) is 13.0 Å². The van der Waals surface area contributed by atoms with Crippen LogP contribution in [0.15, 0.2) is 12.7 Å². The Morgan fingerprint density at radius 2 is 1.75 bits per heavy atom. The number of hydrogen-bond acceptors (Lipinski definition) is 2. The lowest BCUT2D eigenvalue weighted by Crippen LogP contribution is -2.25. The Hall–Kier alpha value is -0.340. The van der Waals surface area contributed by atoms with Gasteiger partial charge in [-0.1, -0.05) is 6.58 Å². The lowest BCUT2D eigenvalue weighted by atomic mass is 10.3. The topological polar surface area (TPSA) is 18.5 Å². The van der Waals surface area contributed by atoms with Crippen molar-refractivity contribution in [3.05, 3.63) is 12.7 Å². The highest BCUT2D eigenvalue weighted by Crippen LogP contribution is 2.08. The Labute approximate surface area is 50.1 Å². The summed E-state index contributed by atoms with van der Waals surface area (Å²) in [6, 6.07) is 0. The zero-order chi connectivity index (χ0) is 6.62. The maximum absolute atomic E-state index is 4.90. The molecule has 0 aliphatic rings. The Morgan fingerprint density at radius 1 is 1.38 bits per heavy atom. The lowest BCUT2D eigenvalue weighted by molar-refractivity contribution is -0.155. The molecule has 0 unspecified atom stereocenters. The molecule has 0 rings (SSSR count). The molecule has 0 aromatic carbocycles. The van der Waals surface area contributed by atoms with Crippen LogP contribution in [0.3, 0.4) is 0 Å². The third-order valence-corrected chi connectivity index (χ3v) is 1.18. The van der Waals surface area contributed by atoms with E-state index >= 15 is 0 Å².